The van der Waals surface area contributed by atoms with Crippen molar-refractivity contribution in [3.8, 4) is 16.9 Å². The van der Waals surface area contributed by atoms with Gasteiger partial charge >= 0.3 is 0 Å². The first-order chi connectivity index (χ1) is 15.2. The van der Waals surface area contributed by atoms with E-state index in [-0.39, 0.29) is 5.41 Å². The lowest BCUT2D eigenvalue weighted by atomic mass is 9.81. The maximum absolute atomic E-state index is 12.8. The molecule has 0 aromatic heterocycles. The highest BCUT2D eigenvalue weighted by Gasteiger charge is 2.48. The van der Waals surface area contributed by atoms with E-state index < -0.39 is 22.5 Å². The molecule has 2 aromatic rings. The molecule has 4 rings (SSSR count). The van der Waals surface area contributed by atoms with Crippen molar-refractivity contribution in [2.75, 3.05) is 7.11 Å². The molecule has 0 atom stereocenters. The zero-order valence-corrected chi connectivity index (χ0v) is 23.4. The van der Waals surface area contributed by atoms with E-state index in [9.17, 15) is 4.79 Å². The van der Waals surface area contributed by atoms with Gasteiger partial charge in [0.25, 0.3) is 5.91 Å². The van der Waals surface area contributed by atoms with Crippen molar-refractivity contribution in [3.63, 3.8) is 0 Å². The second-order valence-electron chi connectivity index (χ2n) is 11.4. The Kier molecular flexibility index (Phi) is 5.58. The molecule has 2 aliphatic rings. The fourth-order valence-corrected chi connectivity index (χ4v) is 14.5. The van der Waals surface area contributed by atoms with Crippen LogP contribution in [-0.4, -0.2) is 29.7 Å². The maximum Gasteiger partial charge on any atom is 0.270 e. The Morgan fingerprint density at radius 2 is 1.79 bits per heavy atom. The van der Waals surface area contributed by atoms with E-state index in [1.165, 1.54) is 22.3 Å². The summed E-state index contributed by atoms with van der Waals surface area (Å²) in [4.78, 5) is 12.8. The topological polar surface area (TPSA) is 59.3 Å². The fourth-order valence-electron chi connectivity index (χ4n) is 5.50. The number of rotatable bonds is 4. The number of amides is 1. The van der Waals surface area contributed by atoms with E-state index in [0.29, 0.717) is 5.56 Å². The van der Waals surface area contributed by atoms with Gasteiger partial charge in [-0.1, -0.05) is 51.5 Å². The molecule has 0 unspecified atom stereocenters. The highest BCUT2D eigenvalue weighted by atomic mass is 28.4. The average molecular weight is 479 g/mol. The molecule has 1 amide bonds. The first-order valence-electron chi connectivity index (χ1n) is 11.8. The second-order valence-corrected chi connectivity index (χ2v) is 19.3. The maximum atomic E-state index is 12.8. The van der Waals surface area contributed by atoms with Gasteiger partial charge in [0.15, 0.2) is 0 Å². The molecule has 0 fully saturated rings. The largest absolute Gasteiger partial charge is 0.497 e. The zero-order valence-electron chi connectivity index (χ0n) is 21.4. The van der Waals surface area contributed by atoms with Gasteiger partial charge in [0.1, 0.15) is 5.75 Å². The van der Waals surface area contributed by atoms with Gasteiger partial charge in [0, 0.05) is 21.5 Å². The molecule has 0 saturated heterocycles. The van der Waals surface area contributed by atoms with E-state index in [4.69, 9.17) is 14.6 Å². The summed E-state index contributed by atoms with van der Waals surface area (Å²) < 4.78 is 12.9. The summed E-state index contributed by atoms with van der Waals surface area (Å²) in [5.74, 6) is 0.245. The minimum atomic E-state index is -2.42. The molecule has 4 nitrogen and oxygen atoms in total. The van der Waals surface area contributed by atoms with Crippen LogP contribution in [0.25, 0.3) is 17.2 Å². The van der Waals surface area contributed by atoms with E-state index in [1.54, 1.807) is 7.11 Å². The van der Waals surface area contributed by atoms with Crippen LogP contribution in [0.2, 0.25) is 26.2 Å². The van der Waals surface area contributed by atoms with Crippen LogP contribution >= 0.6 is 0 Å². The molecule has 6 heteroatoms. The molecule has 33 heavy (non-hydrogen) atoms. The molecule has 1 radical (unpaired) electrons. The Hall–Kier alpha value is -2.16. The molecule has 1 N–H and O–H groups in total. The predicted molar refractivity (Wildman–Crippen MR) is 142 cm³/mol. The number of carbonyl (C=O) groups excluding carboxylic acids is 1. The molecule has 0 saturated carbocycles. The summed E-state index contributed by atoms with van der Waals surface area (Å²) in [6.07, 6.45) is 4.19. The van der Waals surface area contributed by atoms with Crippen LogP contribution in [0.5, 0.6) is 5.75 Å². The normalized spacial score (nSPS) is 18.0. The Morgan fingerprint density at radius 3 is 2.33 bits per heavy atom. The molecule has 1 aliphatic heterocycles. The predicted octanol–water partition coefficient (Wildman–Crippen LogP) is 5.29. The molecule has 2 bridgehead atoms. The number of allylic oxidation sites excluding steroid dienone is 1. The van der Waals surface area contributed by atoms with Gasteiger partial charge in [-0.3, -0.25) is 10.5 Å². The molecule has 175 valence electrons. The zero-order chi connectivity index (χ0) is 24.5. The SMILES string of the molecule is CCC1=Cc2cc(C(C)(C)C)cc(-c3c(C([NH])=O)cc4c(OC)c3[Si](C)(C)O[Si]4(C)C)c2C1. The van der Waals surface area contributed by atoms with Crippen molar-refractivity contribution in [1.29, 1.82) is 0 Å². The van der Waals surface area contributed by atoms with Gasteiger partial charge in [-0.15, -0.1) is 0 Å². The van der Waals surface area contributed by atoms with Crippen molar-refractivity contribution in [3.05, 3.63) is 46.0 Å². The molecular weight excluding hydrogens is 442 g/mol. The molecule has 1 heterocycles. The number of benzene rings is 2. The summed E-state index contributed by atoms with van der Waals surface area (Å²) >= 11 is 0. The minimum absolute atomic E-state index is 0.0443. The van der Waals surface area contributed by atoms with Crippen molar-refractivity contribution in [2.24, 2.45) is 0 Å². The Bertz CT molecular complexity index is 1200. The highest BCUT2D eigenvalue weighted by Crippen LogP contribution is 2.42. The van der Waals surface area contributed by atoms with Gasteiger partial charge in [0.05, 0.1) is 7.11 Å². The summed E-state index contributed by atoms with van der Waals surface area (Å²) in [7, 11) is -2.96. The lowest BCUT2D eigenvalue weighted by Crippen LogP contribution is -2.64. The number of carbonyl (C=O) groups is 1. The number of fused-ring (bicyclic) bond motifs is 3. The lowest BCUT2D eigenvalue weighted by Gasteiger charge is -2.43. The van der Waals surface area contributed by atoms with Gasteiger partial charge in [-0.05, 0) is 72.8 Å². The third-order valence-electron chi connectivity index (χ3n) is 7.13. The van der Waals surface area contributed by atoms with Crippen molar-refractivity contribution < 1.29 is 13.6 Å². The minimum Gasteiger partial charge on any atom is -0.497 e. The Balaban J connectivity index is 2.17. The Labute approximate surface area is 200 Å². The van der Waals surface area contributed by atoms with E-state index in [1.807, 2.05) is 6.07 Å². The molecule has 1 aliphatic carbocycles. The number of ether oxygens (including phenoxy) is 1. The smallest absolute Gasteiger partial charge is 0.270 e. The molecule has 0 spiro atoms. The van der Waals surface area contributed by atoms with Gasteiger partial charge in [-0.25, -0.2) is 0 Å². The second kappa shape index (κ2) is 7.68. The number of hydrogen-bond acceptors (Lipinski definition) is 3. The van der Waals surface area contributed by atoms with Gasteiger partial charge in [-0.2, -0.15) is 0 Å². The van der Waals surface area contributed by atoms with Gasteiger partial charge < -0.3 is 8.85 Å². The summed E-state index contributed by atoms with van der Waals surface area (Å²) in [5.41, 5.74) is 15.7. The van der Waals surface area contributed by atoms with Crippen molar-refractivity contribution in [1.82, 2.24) is 5.73 Å². The first-order valence-corrected chi connectivity index (χ1v) is 17.6. The lowest BCUT2D eigenvalue weighted by molar-refractivity contribution is 0.0993. The summed E-state index contributed by atoms with van der Waals surface area (Å²) in [5, 5.41) is 2.02. The third-order valence-corrected chi connectivity index (χ3v) is 14.6. The standard InChI is InChI=1S/C27H36NO3Si2/c1-10-16-11-17-13-18(27(2,3)4)14-20(19(17)12-16)23-21(26(28)29)15-22-24(30-5)25(23)33(8,9)31-32(22,6)7/h11,13-15,28H,10,12H2,1-9H3. The summed E-state index contributed by atoms with van der Waals surface area (Å²) in [6.45, 7) is 17.6. The van der Waals surface area contributed by atoms with E-state index in [0.717, 1.165) is 40.1 Å². The molecular formula is C27H36NO3Si2. The Morgan fingerprint density at radius 1 is 1.12 bits per heavy atom. The van der Waals surface area contributed by atoms with Gasteiger partial charge in [0.2, 0.25) is 16.6 Å². The van der Waals surface area contributed by atoms with Crippen LogP contribution < -0.4 is 20.8 Å². The van der Waals surface area contributed by atoms with Crippen LogP contribution in [-0.2, 0) is 16.0 Å². The van der Waals surface area contributed by atoms with Crippen molar-refractivity contribution in [2.45, 2.75) is 72.1 Å². The van der Waals surface area contributed by atoms with Crippen LogP contribution in [0.4, 0.5) is 0 Å². The van der Waals surface area contributed by atoms with Crippen LogP contribution in [0.3, 0.4) is 0 Å². The highest BCUT2D eigenvalue weighted by molar-refractivity contribution is 7.01. The van der Waals surface area contributed by atoms with Crippen molar-refractivity contribution >= 4 is 39.0 Å². The fraction of sp³-hybridized carbons (Fsp3) is 0.444. The third kappa shape index (κ3) is 3.82. The number of nitrogens with one attached hydrogen (secondary N) is 1. The van der Waals surface area contributed by atoms with Crippen LogP contribution in [0.15, 0.2) is 23.8 Å². The van der Waals surface area contributed by atoms with E-state index >= 15 is 0 Å². The van der Waals surface area contributed by atoms with Crippen LogP contribution in [0.1, 0.15) is 61.2 Å². The number of methoxy groups -OCH3 is 1. The van der Waals surface area contributed by atoms with E-state index in [2.05, 4.69) is 72.1 Å². The average Bonchev–Trinajstić information content (AvgIpc) is 3.12. The van der Waals surface area contributed by atoms with Crippen LogP contribution in [0, 0.1) is 0 Å². The quantitative estimate of drug-likeness (QED) is 0.561. The molecule has 2 aromatic carbocycles. The first kappa shape index (κ1) is 24.0. The number of hydrogen-bond donors (Lipinski definition) is 0. The monoisotopic (exact) mass is 478 g/mol. The summed E-state index contributed by atoms with van der Waals surface area (Å²) in [6, 6.07) is 6.46.